The van der Waals surface area contributed by atoms with E-state index >= 15 is 0 Å². The maximum Gasteiger partial charge on any atom is 0.0587 e. The van der Waals surface area contributed by atoms with Crippen molar-refractivity contribution in [2.75, 3.05) is 26.8 Å². The van der Waals surface area contributed by atoms with Crippen LogP contribution in [0.1, 0.15) is 52.9 Å². The third-order valence-electron chi connectivity index (χ3n) is 4.48. The van der Waals surface area contributed by atoms with Crippen LogP contribution in [0.15, 0.2) is 0 Å². The molecule has 1 saturated carbocycles. The Morgan fingerprint density at radius 3 is 2.41 bits per heavy atom. The van der Waals surface area contributed by atoms with E-state index in [2.05, 4.69) is 26.1 Å². The van der Waals surface area contributed by atoms with Gasteiger partial charge in [0.05, 0.1) is 6.61 Å². The summed E-state index contributed by atoms with van der Waals surface area (Å²) in [5.74, 6) is 1.88. The van der Waals surface area contributed by atoms with Gasteiger partial charge >= 0.3 is 0 Å². The molecule has 1 rings (SSSR count). The molecular formula is C15H31NO. The second-order valence-corrected chi connectivity index (χ2v) is 5.98. The fraction of sp³-hybridized carbons (Fsp3) is 1.00. The molecule has 0 heterocycles. The fourth-order valence-electron chi connectivity index (χ4n) is 2.95. The van der Waals surface area contributed by atoms with Gasteiger partial charge in [-0.2, -0.15) is 0 Å². The Morgan fingerprint density at radius 1 is 1.29 bits per heavy atom. The van der Waals surface area contributed by atoms with Gasteiger partial charge in [0.15, 0.2) is 0 Å². The summed E-state index contributed by atoms with van der Waals surface area (Å²) in [6.45, 7) is 10.1. The van der Waals surface area contributed by atoms with Crippen molar-refractivity contribution < 1.29 is 4.74 Å². The molecule has 0 aromatic heterocycles. The number of methoxy groups -OCH3 is 1. The summed E-state index contributed by atoms with van der Waals surface area (Å²) >= 11 is 0. The molecule has 2 heteroatoms. The van der Waals surface area contributed by atoms with Gasteiger partial charge in [0.1, 0.15) is 0 Å². The average molecular weight is 241 g/mol. The summed E-state index contributed by atoms with van der Waals surface area (Å²) < 4.78 is 5.09. The van der Waals surface area contributed by atoms with Crippen LogP contribution in [0, 0.1) is 17.3 Å². The summed E-state index contributed by atoms with van der Waals surface area (Å²) in [6, 6.07) is 0. The first-order valence-electron chi connectivity index (χ1n) is 7.36. The second kappa shape index (κ2) is 7.38. The van der Waals surface area contributed by atoms with E-state index in [9.17, 15) is 0 Å². The molecule has 0 aliphatic heterocycles. The van der Waals surface area contributed by atoms with Crippen molar-refractivity contribution >= 4 is 0 Å². The molecule has 1 unspecified atom stereocenters. The van der Waals surface area contributed by atoms with Crippen LogP contribution in [0.3, 0.4) is 0 Å². The lowest BCUT2D eigenvalue weighted by molar-refractivity contribution is 0.167. The van der Waals surface area contributed by atoms with E-state index < -0.39 is 0 Å². The monoisotopic (exact) mass is 241 g/mol. The molecule has 2 nitrogen and oxygen atoms in total. The Kier molecular flexibility index (Phi) is 6.50. The number of rotatable bonds is 10. The van der Waals surface area contributed by atoms with Gasteiger partial charge in [-0.1, -0.05) is 33.6 Å². The number of hydrogen-bond donors (Lipinski definition) is 1. The largest absolute Gasteiger partial charge is 0.383 e. The highest BCUT2D eigenvalue weighted by Gasteiger charge is 2.41. The van der Waals surface area contributed by atoms with Gasteiger partial charge in [0.25, 0.3) is 0 Å². The van der Waals surface area contributed by atoms with E-state index in [4.69, 9.17) is 4.74 Å². The normalized spacial score (nSPS) is 19.6. The molecule has 102 valence electrons. The molecule has 0 aromatic rings. The first-order valence-corrected chi connectivity index (χ1v) is 7.36. The lowest BCUT2D eigenvalue weighted by Gasteiger charge is -2.33. The predicted octanol–water partition coefficient (Wildman–Crippen LogP) is 3.47. The van der Waals surface area contributed by atoms with Crippen LogP contribution in [0.4, 0.5) is 0 Å². The SMILES string of the molecule is CCC(CC)CC(C)(CNCCOC)C1CC1. The Labute approximate surface area is 108 Å². The molecule has 0 amide bonds. The topological polar surface area (TPSA) is 21.3 Å². The van der Waals surface area contributed by atoms with Crippen molar-refractivity contribution in [2.24, 2.45) is 17.3 Å². The molecular weight excluding hydrogens is 210 g/mol. The molecule has 1 N–H and O–H groups in total. The van der Waals surface area contributed by atoms with E-state index in [0.717, 1.165) is 31.5 Å². The first kappa shape index (κ1) is 15.0. The quantitative estimate of drug-likeness (QED) is 0.591. The van der Waals surface area contributed by atoms with Gasteiger partial charge in [0, 0.05) is 20.2 Å². The van der Waals surface area contributed by atoms with E-state index in [1.807, 2.05) is 0 Å². The molecule has 1 fully saturated rings. The molecule has 0 bridgehead atoms. The highest BCUT2D eigenvalue weighted by molar-refractivity contribution is 4.93. The summed E-state index contributed by atoms with van der Waals surface area (Å²) in [6.07, 6.45) is 6.95. The lowest BCUT2D eigenvalue weighted by Crippen LogP contribution is -2.36. The van der Waals surface area contributed by atoms with Gasteiger partial charge in [-0.15, -0.1) is 0 Å². The van der Waals surface area contributed by atoms with E-state index in [0.29, 0.717) is 5.41 Å². The third kappa shape index (κ3) is 4.97. The number of ether oxygens (including phenoxy) is 1. The number of hydrogen-bond acceptors (Lipinski definition) is 2. The van der Waals surface area contributed by atoms with Gasteiger partial charge in [0.2, 0.25) is 0 Å². The molecule has 0 spiro atoms. The summed E-state index contributed by atoms with van der Waals surface area (Å²) in [4.78, 5) is 0. The van der Waals surface area contributed by atoms with Crippen molar-refractivity contribution in [2.45, 2.75) is 52.9 Å². The van der Waals surface area contributed by atoms with Crippen LogP contribution in [-0.4, -0.2) is 26.8 Å². The van der Waals surface area contributed by atoms with Crippen LogP contribution < -0.4 is 5.32 Å². The first-order chi connectivity index (χ1) is 8.16. The Morgan fingerprint density at radius 2 is 1.94 bits per heavy atom. The van der Waals surface area contributed by atoms with Gasteiger partial charge < -0.3 is 10.1 Å². The van der Waals surface area contributed by atoms with Crippen molar-refractivity contribution in [3.05, 3.63) is 0 Å². The third-order valence-corrected chi connectivity index (χ3v) is 4.48. The minimum atomic E-state index is 0.518. The Hall–Kier alpha value is -0.0800. The zero-order valence-corrected chi connectivity index (χ0v) is 12.2. The summed E-state index contributed by atoms with van der Waals surface area (Å²) in [5.41, 5.74) is 0.518. The van der Waals surface area contributed by atoms with Crippen molar-refractivity contribution in [3.8, 4) is 0 Å². The summed E-state index contributed by atoms with van der Waals surface area (Å²) in [7, 11) is 1.77. The fourth-order valence-corrected chi connectivity index (χ4v) is 2.95. The van der Waals surface area contributed by atoms with Crippen LogP contribution in [0.5, 0.6) is 0 Å². The molecule has 0 radical (unpaired) electrons. The van der Waals surface area contributed by atoms with Gasteiger partial charge in [-0.3, -0.25) is 0 Å². The summed E-state index contributed by atoms with van der Waals surface area (Å²) in [5, 5.41) is 3.58. The second-order valence-electron chi connectivity index (χ2n) is 5.98. The standard InChI is InChI=1S/C15H31NO/c1-5-13(6-2)11-15(3,14-7-8-14)12-16-9-10-17-4/h13-14,16H,5-12H2,1-4H3. The number of nitrogens with one attached hydrogen (secondary N) is 1. The van der Waals surface area contributed by atoms with Crippen LogP contribution in [0.25, 0.3) is 0 Å². The Bertz CT molecular complexity index is 199. The highest BCUT2D eigenvalue weighted by Crippen LogP contribution is 2.49. The van der Waals surface area contributed by atoms with E-state index in [1.54, 1.807) is 7.11 Å². The predicted molar refractivity (Wildman–Crippen MR) is 74.3 cm³/mol. The minimum absolute atomic E-state index is 0.518. The van der Waals surface area contributed by atoms with Crippen molar-refractivity contribution in [1.82, 2.24) is 5.32 Å². The zero-order chi connectivity index (χ0) is 12.7. The maximum absolute atomic E-state index is 5.09. The lowest BCUT2D eigenvalue weighted by atomic mass is 9.75. The highest BCUT2D eigenvalue weighted by atomic mass is 16.5. The van der Waals surface area contributed by atoms with Crippen LogP contribution in [-0.2, 0) is 4.74 Å². The molecule has 1 atom stereocenters. The van der Waals surface area contributed by atoms with Crippen LogP contribution in [0.2, 0.25) is 0 Å². The Balaban J connectivity index is 2.38. The average Bonchev–Trinajstić information content (AvgIpc) is 3.16. The molecule has 1 aliphatic carbocycles. The van der Waals surface area contributed by atoms with Gasteiger partial charge in [-0.05, 0) is 36.5 Å². The van der Waals surface area contributed by atoms with Crippen LogP contribution >= 0.6 is 0 Å². The van der Waals surface area contributed by atoms with Gasteiger partial charge in [-0.25, -0.2) is 0 Å². The molecule has 0 saturated heterocycles. The smallest absolute Gasteiger partial charge is 0.0587 e. The molecule has 17 heavy (non-hydrogen) atoms. The molecule has 0 aromatic carbocycles. The maximum atomic E-state index is 5.09. The zero-order valence-electron chi connectivity index (χ0n) is 12.2. The minimum Gasteiger partial charge on any atom is -0.383 e. The van der Waals surface area contributed by atoms with Crippen molar-refractivity contribution in [1.29, 1.82) is 0 Å². The van der Waals surface area contributed by atoms with Crippen molar-refractivity contribution in [3.63, 3.8) is 0 Å². The van der Waals surface area contributed by atoms with E-state index in [-0.39, 0.29) is 0 Å². The molecule has 1 aliphatic rings. The van der Waals surface area contributed by atoms with E-state index in [1.165, 1.54) is 32.1 Å².